The van der Waals surface area contributed by atoms with Gasteiger partial charge >= 0.3 is 0 Å². The lowest BCUT2D eigenvalue weighted by molar-refractivity contribution is -0.323. The van der Waals surface area contributed by atoms with Gasteiger partial charge in [0.05, 0.1) is 19.8 Å². The minimum absolute atomic E-state index is 0.00203. The van der Waals surface area contributed by atoms with Crippen LogP contribution in [0, 0.1) is 0 Å². The van der Waals surface area contributed by atoms with Gasteiger partial charge in [-0.25, -0.2) is 0 Å². The first-order valence-electron chi connectivity index (χ1n) is 15.8. The molecule has 51 heavy (non-hydrogen) atoms. The fraction of sp³-hybridized carbons (Fsp3) is 0.562. The van der Waals surface area contributed by atoms with Gasteiger partial charge in [-0.1, -0.05) is 12.2 Å². The summed E-state index contributed by atoms with van der Waals surface area (Å²) in [6.07, 6.45) is -20.8. The van der Waals surface area contributed by atoms with Gasteiger partial charge in [-0.2, -0.15) is 0 Å². The Labute approximate surface area is 289 Å². The minimum atomic E-state index is -1.79. The van der Waals surface area contributed by atoms with Gasteiger partial charge in [0, 0.05) is 17.7 Å². The van der Waals surface area contributed by atoms with Crippen molar-refractivity contribution < 1.29 is 94.8 Å². The van der Waals surface area contributed by atoms with Crippen LogP contribution in [0.4, 0.5) is 0 Å². The molecule has 0 aromatic heterocycles. The van der Waals surface area contributed by atoms with Gasteiger partial charge in [-0.05, 0) is 29.8 Å². The van der Waals surface area contributed by atoms with Gasteiger partial charge in [-0.15, -0.1) is 0 Å². The number of hydrogen-bond donors (Lipinski definition) is 13. The molecule has 5 rings (SSSR count). The van der Waals surface area contributed by atoms with Crippen LogP contribution in [-0.2, 0) is 18.9 Å². The number of phenols is 2. The summed E-state index contributed by atoms with van der Waals surface area (Å²) in [7, 11) is 0. The molecule has 3 fully saturated rings. The molecule has 13 N–H and O–H groups in total. The van der Waals surface area contributed by atoms with Crippen LogP contribution in [0.2, 0.25) is 0 Å². The maximum Gasteiger partial charge on any atom is 0.229 e. The van der Waals surface area contributed by atoms with Crippen LogP contribution in [0.3, 0.4) is 0 Å². The fourth-order valence-electron chi connectivity index (χ4n) is 5.67. The molecule has 3 heterocycles. The standard InChI is InChI=1S/C32H42O19/c33-9-18-21(37)24(40)27(43)30(49-18)46-11-20-23(39)26(42)29(45)31(51-20)47-15-4-3-13(17(36)8-15)2-1-12-5-14(35)7-16(6-12)48-32-28(44)25(41)22(38)19(10-34)50-32/h1-8,18-45H,9-11H2/b2-1+/t18-,19-,20-,21-,22-,23-,24+,25+,26+,27-,28-,29-,30-,31-,32-/m1/s1. The molecule has 3 saturated heterocycles. The Bertz CT molecular complexity index is 1470. The molecule has 0 aliphatic carbocycles. The third-order valence-electron chi connectivity index (χ3n) is 8.67. The van der Waals surface area contributed by atoms with Crippen LogP contribution in [0.1, 0.15) is 11.1 Å². The molecule has 15 atom stereocenters. The van der Waals surface area contributed by atoms with E-state index in [0.29, 0.717) is 5.56 Å². The van der Waals surface area contributed by atoms with Crippen molar-refractivity contribution in [2.75, 3.05) is 19.8 Å². The number of aliphatic hydroxyl groups excluding tert-OH is 11. The largest absolute Gasteiger partial charge is 0.508 e. The summed E-state index contributed by atoms with van der Waals surface area (Å²) in [5.41, 5.74) is 0.617. The molecule has 2 aromatic rings. The van der Waals surface area contributed by atoms with Crippen molar-refractivity contribution in [2.45, 2.75) is 92.1 Å². The average Bonchev–Trinajstić information content (AvgIpc) is 3.10. The molecule has 0 radical (unpaired) electrons. The molecule has 0 unspecified atom stereocenters. The van der Waals surface area contributed by atoms with Crippen molar-refractivity contribution in [3.63, 3.8) is 0 Å². The first kappa shape index (κ1) is 39.0. The third kappa shape index (κ3) is 8.71. The van der Waals surface area contributed by atoms with Gasteiger partial charge in [-0.3, -0.25) is 0 Å². The van der Waals surface area contributed by atoms with Crippen molar-refractivity contribution in [3.05, 3.63) is 47.5 Å². The summed E-state index contributed by atoms with van der Waals surface area (Å²) in [5.74, 6) is -0.587. The molecule has 19 nitrogen and oxygen atoms in total. The maximum absolute atomic E-state index is 10.7. The number of aromatic hydroxyl groups is 2. The lowest BCUT2D eigenvalue weighted by Crippen LogP contribution is -2.62. The number of aliphatic hydroxyl groups is 11. The number of ether oxygens (including phenoxy) is 6. The molecule has 3 aliphatic heterocycles. The zero-order valence-electron chi connectivity index (χ0n) is 26.7. The molecule has 19 heteroatoms. The van der Waals surface area contributed by atoms with Gasteiger partial charge in [0.15, 0.2) is 6.29 Å². The summed E-state index contributed by atoms with van der Waals surface area (Å²) >= 11 is 0. The predicted molar refractivity (Wildman–Crippen MR) is 167 cm³/mol. The first-order chi connectivity index (χ1) is 24.2. The van der Waals surface area contributed by atoms with Crippen LogP contribution in [0.5, 0.6) is 23.0 Å². The van der Waals surface area contributed by atoms with Crippen molar-refractivity contribution >= 4 is 12.2 Å². The maximum atomic E-state index is 10.7. The molecule has 3 aliphatic rings. The van der Waals surface area contributed by atoms with E-state index in [1.54, 1.807) is 0 Å². The van der Waals surface area contributed by atoms with Crippen molar-refractivity contribution in [1.29, 1.82) is 0 Å². The quantitative estimate of drug-likeness (QED) is 0.0968. The summed E-state index contributed by atoms with van der Waals surface area (Å²) < 4.78 is 32.8. The Hall–Kier alpha value is -3.22. The highest BCUT2D eigenvalue weighted by molar-refractivity contribution is 5.74. The Morgan fingerprint density at radius 2 is 1.04 bits per heavy atom. The second kappa shape index (κ2) is 16.6. The summed E-state index contributed by atoms with van der Waals surface area (Å²) in [4.78, 5) is 0. The van der Waals surface area contributed by atoms with E-state index in [0.717, 1.165) is 0 Å². The monoisotopic (exact) mass is 730 g/mol. The SMILES string of the molecule is OC[C@H]1O[C@@H](OC[C@H]2O[C@@H](Oc3ccc(/C=C/c4cc(O)cc(O[C@@H]5O[C@H](CO)[C@@H](O)[C@H](O)[C@H]5O)c4)c(O)c3)[C@H](O)[C@@H](O)[C@@H]2O)[C@H](O)[C@@H](O)[C@@H]1O. The van der Waals surface area contributed by atoms with E-state index in [1.165, 1.54) is 48.6 Å². The van der Waals surface area contributed by atoms with E-state index in [1.807, 2.05) is 0 Å². The van der Waals surface area contributed by atoms with Crippen molar-refractivity contribution in [1.82, 2.24) is 0 Å². The molecule has 0 saturated carbocycles. The summed E-state index contributed by atoms with van der Waals surface area (Å²) in [6, 6.07) is 7.97. The highest BCUT2D eigenvalue weighted by Crippen LogP contribution is 2.32. The topological polar surface area (TPSA) is 318 Å². The van der Waals surface area contributed by atoms with Gasteiger partial charge in [0.2, 0.25) is 12.6 Å². The van der Waals surface area contributed by atoms with Crippen molar-refractivity contribution in [3.8, 4) is 23.0 Å². The van der Waals surface area contributed by atoms with E-state index in [-0.39, 0.29) is 28.6 Å². The lowest BCUT2D eigenvalue weighted by atomic mass is 9.98. The van der Waals surface area contributed by atoms with Crippen molar-refractivity contribution in [2.24, 2.45) is 0 Å². The predicted octanol–water partition coefficient (Wildman–Crippen LogP) is -4.55. The minimum Gasteiger partial charge on any atom is -0.508 e. The lowest BCUT2D eigenvalue weighted by Gasteiger charge is -2.42. The zero-order chi connectivity index (χ0) is 37.1. The third-order valence-corrected chi connectivity index (χ3v) is 8.67. The molecule has 0 bridgehead atoms. The van der Waals surface area contributed by atoms with E-state index < -0.39 is 112 Å². The van der Waals surface area contributed by atoms with E-state index in [4.69, 9.17) is 28.4 Å². The van der Waals surface area contributed by atoms with Gasteiger partial charge in [0.1, 0.15) is 96.2 Å². The van der Waals surface area contributed by atoms with E-state index in [2.05, 4.69) is 0 Å². The van der Waals surface area contributed by atoms with E-state index in [9.17, 15) is 66.4 Å². The zero-order valence-corrected chi connectivity index (χ0v) is 26.7. The Morgan fingerprint density at radius 1 is 0.529 bits per heavy atom. The summed E-state index contributed by atoms with van der Waals surface area (Å²) in [6.45, 7) is -1.92. The summed E-state index contributed by atoms with van der Waals surface area (Å²) in [5, 5.41) is 131. The van der Waals surface area contributed by atoms with Gasteiger partial charge in [0.25, 0.3) is 0 Å². The Balaban J connectivity index is 1.22. The van der Waals surface area contributed by atoms with Gasteiger partial charge < -0.3 is 94.8 Å². The second-order valence-electron chi connectivity index (χ2n) is 12.3. The molecule has 0 amide bonds. The van der Waals surface area contributed by atoms with Crippen LogP contribution in [-0.4, -0.2) is 178 Å². The van der Waals surface area contributed by atoms with Crippen LogP contribution in [0.25, 0.3) is 12.2 Å². The molecular weight excluding hydrogens is 688 g/mol. The van der Waals surface area contributed by atoms with Crippen LogP contribution in [0.15, 0.2) is 36.4 Å². The van der Waals surface area contributed by atoms with E-state index >= 15 is 0 Å². The van der Waals surface area contributed by atoms with Crippen LogP contribution < -0.4 is 9.47 Å². The average molecular weight is 731 g/mol. The fourth-order valence-corrected chi connectivity index (χ4v) is 5.67. The second-order valence-corrected chi connectivity index (χ2v) is 12.3. The highest BCUT2D eigenvalue weighted by atomic mass is 16.7. The smallest absolute Gasteiger partial charge is 0.229 e. The number of hydrogen-bond acceptors (Lipinski definition) is 19. The number of phenolic OH excluding ortho intramolecular Hbond substituents is 2. The van der Waals surface area contributed by atoms with Crippen LogP contribution >= 0.6 is 0 Å². The molecular formula is C32H42O19. The normalized spacial score (nSPS) is 38.8. The Kier molecular flexibility index (Phi) is 12.7. The molecule has 284 valence electrons. The number of rotatable bonds is 11. The molecule has 2 aromatic carbocycles. The molecule has 0 spiro atoms. The number of benzene rings is 2. The first-order valence-corrected chi connectivity index (χ1v) is 15.8. The Morgan fingerprint density at radius 3 is 1.61 bits per heavy atom. The highest BCUT2D eigenvalue weighted by Gasteiger charge is 2.48.